The maximum absolute atomic E-state index is 4.94. The molecule has 2 aromatic heterocycles. The molecule has 0 atom stereocenters. The average molecular weight is 218 g/mol. The quantitative estimate of drug-likeness (QED) is 0.747. The molecule has 84 valence electrons. The lowest BCUT2D eigenvalue weighted by Gasteiger charge is -1.99. The monoisotopic (exact) mass is 218 g/mol. The molecule has 0 aliphatic rings. The number of aromatic amines is 1. The zero-order chi connectivity index (χ0) is 11.2. The predicted molar refractivity (Wildman–Crippen MR) is 62.2 cm³/mol. The molecule has 0 aliphatic carbocycles. The van der Waals surface area contributed by atoms with Crippen LogP contribution in [0.15, 0.2) is 30.6 Å². The van der Waals surface area contributed by atoms with Gasteiger partial charge in [-0.2, -0.15) is 5.10 Å². The number of ether oxygens (including phenoxy) is 1. The molecule has 0 saturated heterocycles. The molecule has 5 nitrogen and oxygen atoms in total. The number of rotatable bonds is 5. The summed E-state index contributed by atoms with van der Waals surface area (Å²) in [4.78, 5) is 4.06. The van der Waals surface area contributed by atoms with Crippen LogP contribution < -0.4 is 5.32 Å². The van der Waals surface area contributed by atoms with E-state index >= 15 is 0 Å². The van der Waals surface area contributed by atoms with Crippen molar-refractivity contribution in [3.05, 3.63) is 30.6 Å². The molecule has 0 saturated carbocycles. The highest BCUT2D eigenvalue weighted by Crippen LogP contribution is 2.17. The Bertz CT molecular complexity index is 427. The van der Waals surface area contributed by atoms with Gasteiger partial charge >= 0.3 is 0 Å². The van der Waals surface area contributed by atoms with Crippen molar-refractivity contribution in [3.63, 3.8) is 0 Å². The van der Waals surface area contributed by atoms with Gasteiger partial charge in [0.25, 0.3) is 0 Å². The number of aromatic nitrogens is 3. The number of H-pyrrole nitrogens is 1. The van der Waals surface area contributed by atoms with Gasteiger partial charge < -0.3 is 10.1 Å². The molecule has 0 amide bonds. The predicted octanol–water partition coefficient (Wildman–Crippen LogP) is 1.53. The zero-order valence-corrected chi connectivity index (χ0v) is 9.10. The molecule has 0 aliphatic heterocycles. The van der Waals surface area contributed by atoms with E-state index in [1.807, 2.05) is 18.2 Å². The molecule has 0 bridgehead atoms. The number of hydrogen-bond acceptors (Lipinski definition) is 4. The van der Waals surface area contributed by atoms with Crippen molar-refractivity contribution >= 4 is 5.82 Å². The Morgan fingerprint density at radius 3 is 3.19 bits per heavy atom. The Morgan fingerprint density at radius 2 is 2.44 bits per heavy atom. The molecule has 0 aromatic carbocycles. The van der Waals surface area contributed by atoms with Gasteiger partial charge in [0.15, 0.2) is 0 Å². The maximum Gasteiger partial charge on any atom is 0.148 e. The summed E-state index contributed by atoms with van der Waals surface area (Å²) in [6.07, 6.45) is 3.55. The minimum atomic E-state index is 0.662. The first kappa shape index (κ1) is 10.6. The molecular weight excluding hydrogens is 204 g/mol. The standard InChI is InChI=1S/C11H14N4O/c1-16-6-5-13-11-7-10(14-15-11)9-3-2-4-12-8-9/h2-4,7-8H,5-6H2,1H3,(H2,13,14,15). The van der Waals surface area contributed by atoms with E-state index in [-0.39, 0.29) is 0 Å². The van der Waals surface area contributed by atoms with Gasteiger partial charge in [0.05, 0.1) is 12.3 Å². The largest absolute Gasteiger partial charge is 0.383 e. The summed E-state index contributed by atoms with van der Waals surface area (Å²) in [6.45, 7) is 1.41. The van der Waals surface area contributed by atoms with Crippen molar-refractivity contribution in [1.29, 1.82) is 0 Å². The first-order valence-electron chi connectivity index (χ1n) is 5.09. The fourth-order valence-electron chi connectivity index (χ4n) is 1.36. The van der Waals surface area contributed by atoms with E-state index in [0.717, 1.165) is 23.6 Å². The summed E-state index contributed by atoms with van der Waals surface area (Å²) in [5.74, 6) is 0.816. The Labute approximate surface area is 93.9 Å². The fraction of sp³-hybridized carbons (Fsp3) is 0.273. The van der Waals surface area contributed by atoms with Crippen molar-refractivity contribution in [2.24, 2.45) is 0 Å². The summed E-state index contributed by atoms with van der Waals surface area (Å²) in [5, 5.41) is 10.2. The van der Waals surface area contributed by atoms with Crippen LogP contribution in [0.4, 0.5) is 5.82 Å². The van der Waals surface area contributed by atoms with E-state index in [1.54, 1.807) is 19.5 Å². The zero-order valence-electron chi connectivity index (χ0n) is 9.10. The van der Waals surface area contributed by atoms with Crippen LogP contribution in [0.1, 0.15) is 0 Å². The molecular formula is C11H14N4O. The van der Waals surface area contributed by atoms with Gasteiger partial charge in [-0.25, -0.2) is 0 Å². The van der Waals surface area contributed by atoms with Crippen molar-refractivity contribution in [3.8, 4) is 11.3 Å². The second-order valence-corrected chi connectivity index (χ2v) is 3.33. The molecule has 0 unspecified atom stereocenters. The van der Waals surface area contributed by atoms with Crippen LogP contribution in [0.3, 0.4) is 0 Å². The van der Waals surface area contributed by atoms with Crippen LogP contribution in [0.2, 0.25) is 0 Å². The summed E-state index contributed by atoms with van der Waals surface area (Å²) in [6, 6.07) is 5.83. The van der Waals surface area contributed by atoms with E-state index in [4.69, 9.17) is 4.74 Å². The first-order valence-corrected chi connectivity index (χ1v) is 5.09. The molecule has 2 N–H and O–H groups in total. The van der Waals surface area contributed by atoms with Crippen LogP contribution in [0, 0.1) is 0 Å². The third-order valence-electron chi connectivity index (χ3n) is 2.16. The Morgan fingerprint density at radius 1 is 1.50 bits per heavy atom. The number of nitrogens with zero attached hydrogens (tertiary/aromatic N) is 2. The molecule has 2 rings (SSSR count). The minimum Gasteiger partial charge on any atom is -0.383 e. The lowest BCUT2D eigenvalue weighted by Crippen LogP contribution is -2.07. The third-order valence-corrected chi connectivity index (χ3v) is 2.16. The summed E-state index contributed by atoms with van der Waals surface area (Å²) in [5.41, 5.74) is 1.97. The van der Waals surface area contributed by atoms with E-state index in [9.17, 15) is 0 Å². The Balaban J connectivity index is 2.02. The van der Waals surface area contributed by atoms with Gasteiger partial charge in [-0.1, -0.05) is 0 Å². The second kappa shape index (κ2) is 5.27. The van der Waals surface area contributed by atoms with Gasteiger partial charge in [0.1, 0.15) is 5.82 Å². The molecule has 2 aromatic rings. The fourth-order valence-corrected chi connectivity index (χ4v) is 1.36. The molecule has 5 heteroatoms. The first-order chi connectivity index (χ1) is 7.90. The van der Waals surface area contributed by atoms with Crippen LogP contribution in [0.25, 0.3) is 11.3 Å². The van der Waals surface area contributed by atoms with Crippen molar-refractivity contribution < 1.29 is 4.74 Å². The molecule has 0 fully saturated rings. The van der Waals surface area contributed by atoms with Crippen LogP contribution >= 0.6 is 0 Å². The van der Waals surface area contributed by atoms with E-state index in [1.165, 1.54) is 0 Å². The summed E-state index contributed by atoms with van der Waals surface area (Å²) < 4.78 is 4.94. The Kier molecular flexibility index (Phi) is 3.50. The van der Waals surface area contributed by atoms with E-state index < -0.39 is 0 Å². The van der Waals surface area contributed by atoms with E-state index in [2.05, 4.69) is 20.5 Å². The number of nitrogens with one attached hydrogen (secondary N) is 2. The summed E-state index contributed by atoms with van der Waals surface area (Å²) in [7, 11) is 1.67. The Hall–Kier alpha value is -1.88. The van der Waals surface area contributed by atoms with Crippen LogP contribution in [0.5, 0.6) is 0 Å². The van der Waals surface area contributed by atoms with Crippen molar-refractivity contribution in [2.45, 2.75) is 0 Å². The molecule has 0 radical (unpaired) electrons. The maximum atomic E-state index is 4.94. The second-order valence-electron chi connectivity index (χ2n) is 3.33. The minimum absolute atomic E-state index is 0.662. The number of anilines is 1. The topological polar surface area (TPSA) is 62.8 Å². The smallest absolute Gasteiger partial charge is 0.148 e. The lowest BCUT2D eigenvalue weighted by molar-refractivity contribution is 0.210. The highest BCUT2D eigenvalue weighted by Gasteiger charge is 2.02. The van der Waals surface area contributed by atoms with Crippen molar-refractivity contribution in [1.82, 2.24) is 15.2 Å². The third kappa shape index (κ3) is 2.58. The van der Waals surface area contributed by atoms with Crippen molar-refractivity contribution in [2.75, 3.05) is 25.6 Å². The van der Waals surface area contributed by atoms with Crippen LogP contribution in [-0.2, 0) is 4.74 Å². The van der Waals surface area contributed by atoms with Gasteiger partial charge in [0.2, 0.25) is 0 Å². The van der Waals surface area contributed by atoms with Crippen LogP contribution in [-0.4, -0.2) is 35.4 Å². The lowest BCUT2D eigenvalue weighted by atomic mass is 10.2. The molecule has 0 spiro atoms. The van der Waals surface area contributed by atoms with Gasteiger partial charge in [-0.15, -0.1) is 0 Å². The average Bonchev–Trinajstić information content (AvgIpc) is 2.79. The normalized spacial score (nSPS) is 10.3. The molecule has 2 heterocycles. The van der Waals surface area contributed by atoms with Gasteiger partial charge in [-0.05, 0) is 12.1 Å². The molecule has 16 heavy (non-hydrogen) atoms. The van der Waals surface area contributed by atoms with Gasteiger partial charge in [0, 0.05) is 37.7 Å². The van der Waals surface area contributed by atoms with Gasteiger partial charge in [-0.3, -0.25) is 10.1 Å². The number of hydrogen-bond donors (Lipinski definition) is 2. The SMILES string of the molecule is COCCNc1cc(-c2cccnc2)[nH]n1. The highest BCUT2D eigenvalue weighted by molar-refractivity contribution is 5.61. The van der Waals surface area contributed by atoms with E-state index in [0.29, 0.717) is 6.61 Å². The number of methoxy groups -OCH3 is 1. The number of pyridine rings is 1. The summed E-state index contributed by atoms with van der Waals surface area (Å²) >= 11 is 0. The highest BCUT2D eigenvalue weighted by atomic mass is 16.5.